The number of carbonyl (C=O) groups is 2. The van der Waals surface area contributed by atoms with Gasteiger partial charge in [-0.25, -0.2) is 4.98 Å². The summed E-state index contributed by atoms with van der Waals surface area (Å²) < 4.78 is 5.25. The minimum atomic E-state index is -0.666. The first-order valence-corrected chi connectivity index (χ1v) is 7.86. The number of aromatic nitrogens is 2. The Labute approximate surface area is 144 Å². The van der Waals surface area contributed by atoms with E-state index in [2.05, 4.69) is 20.8 Å². The SMILES string of the molecule is CNC(=O)C(C)NC(=O)c1cc(-c2ccccc2)nc2onc(C)c12. The second-order valence-corrected chi connectivity index (χ2v) is 5.68. The van der Waals surface area contributed by atoms with E-state index in [9.17, 15) is 9.59 Å². The highest BCUT2D eigenvalue weighted by molar-refractivity contribution is 6.08. The van der Waals surface area contributed by atoms with Gasteiger partial charge in [0.2, 0.25) is 5.91 Å². The molecule has 2 N–H and O–H groups in total. The lowest BCUT2D eigenvalue weighted by Crippen LogP contribution is -2.43. The molecule has 25 heavy (non-hydrogen) atoms. The van der Waals surface area contributed by atoms with Crippen molar-refractivity contribution >= 4 is 22.9 Å². The second kappa shape index (κ2) is 6.72. The van der Waals surface area contributed by atoms with Crippen molar-refractivity contribution in [3.63, 3.8) is 0 Å². The third-order valence-corrected chi connectivity index (χ3v) is 3.92. The van der Waals surface area contributed by atoms with E-state index in [4.69, 9.17) is 4.52 Å². The van der Waals surface area contributed by atoms with Gasteiger partial charge in [0, 0.05) is 12.6 Å². The molecule has 0 spiro atoms. The monoisotopic (exact) mass is 338 g/mol. The second-order valence-electron chi connectivity index (χ2n) is 5.68. The average Bonchev–Trinajstić information content (AvgIpc) is 3.02. The molecule has 1 unspecified atom stereocenters. The Morgan fingerprint density at radius 3 is 2.60 bits per heavy atom. The molecule has 2 aromatic heterocycles. The predicted molar refractivity (Wildman–Crippen MR) is 93.0 cm³/mol. The third kappa shape index (κ3) is 3.21. The van der Waals surface area contributed by atoms with Crippen LogP contribution in [-0.2, 0) is 4.79 Å². The van der Waals surface area contributed by atoms with E-state index in [-0.39, 0.29) is 17.5 Å². The Kier molecular flexibility index (Phi) is 4.47. The van der Waals surface area contributed by atoms with Crippen molar-refractivity contribution in [2.75, 3.05) is 7.05 Å². The van der Waals surface area contributed by atoms with Gasteiger partial charge in [-0.1, -0.05) is 35.5 Å². The predicted octanol–water partition coefficient (Wildman–Crippen LogP) is 2.06. The quantitative estimate of drug-likeness (QED) is 0.759. The van der Waals surface area contributed by atoms with Crippen molar-refractivity contribution in [1.82, 2.24) is 20.8 Å². The molecule has 1 atom stereocenters. The standard InChI is InChI=1S/C18H18N4O3/c1-10-15-13(17(24)20-11(2)16(23)19-3)9-14(21-18(15)25-22-10)12-7-5-4-6-8-12/h4-9,11H,1-3H3,(H,19,23)(H,20,24). The van der Waals surface area contributed by atoms with Crippen LogP contribution in [0.15, 0.2) is 40.9 Å². The fourth-order valence-electron chi connectivity index (χ4n) is 2.59. The molecule has 0 saturated carbocycles. The molecule has 2 heterocycles. The van der Waals surface area contributed by atoms with Gasteiger partial charge in [-0.3, -0.25) is 9.59 Å². The maximum atomic E-state index is 12.7. The van der Waals surface area contributed by atoms with E-state index in [1.807, 2.05) is 30.3 Å². The lowest BCUT2D eigenvalue weighted by Gasteiger charge is -2.13. The van der Waals surface area contributed by atoms with Gasteiger partial charge in [-0.05, 0) is 19.9 Å². The summed E-state index contributed by atoms with van der Waals surface area (Å²) in [6.07, 6.45) is 0. The summed E-state index contributed by atoms with van der Waals surface area (Å²) in [4.78, 5) is 28.9. The van der Waals surface area contributed by atoms with Crippen LogP contribution in [0.25, 0.3) is 22.4 Å². The molecule has 7 nitrogen and oxygen atoms in total. The molecule has 128 valence electrons. The highest BCUT2D eigenvalue weighted by Crippen LogP contribution is 2.26. The normalized spacial score (nSPS) is 12.0. The molecule has 3 rings (SSSR count). The fourth-order valence-corrected chi connectivity index (χ4v) is 2.59. The Balaban J connectivity index is 2.08. The number of rotatable bonds is 4. The van der Waals surface area contributed by atoms with Crippen LogP contribution in [0.3, 0.4) is 0 Å². The molecule has 0 fully saturated rings. The lowest BCUT2D eigenvalue weighted by atomic mass is 10.0. The smallest absolute Gasteiger partial charge is 0.259 e. The van der Waals surface area contributed by atoms with E-state index < -0.39 is 6.04 Å². The summed E-state index contributed by atoms with van der Waals surface area (Å²) in [5, 5.41) is 9.64. The fraction of sp³-hybridized carbons (Fsp3) is 0.222. The number of likely N-dealkylation sites (N-methyl/N-ethyl adjacent to an activating group) is 1. The number of pyridine rings is 1. The maximum absolute atomic E-state index is 12.7. The molecular weight excluding hydrogens is 320 g/mol. The molecular formula is C18H18N4O3. The van der Waals surface area contributed by atoms with Gasteiger partial charge >= 0.3 is 0 Å². The Hall–Kier alpha value is -3.22. The number of benzene rings is 1. The molecule has 3 aromatic rings. The van der Waals surface area contributed by atoms with Crippen molar-refractivity contribution in [3.8, 4) is 11.3 Å². The highest BCUT2D eigenvalue weighted by Gasteiger charge is 2.22. The van der Waals surface area contributed by atoms with Crippen molar-refractivity contribution in [2.45, 2.75) is 19.9 Å². The number of hydrogen-bond donors (Lipinski definition) is 2. The van der Waals surface area contributed by atoms with Gasteiger partial charge in [0.05, 0.1) is 22.3 Å². The van der Waals surface area contributed by atoms with E-state index in [0.29, 0.717) is 22.3 Å². The maximum Gasteiger partial charge on any atom is 0.259 e. The number of carbonyl (C=O) groups excluding carboxylic acids is 2. The van der Waals surface area contributed by atoms with Crippen molar-refractivity contribution in [3.05, 3.63) is 47.7 Å². The van der Waals surface area contributed by atoms with Crippen LogP contribution in [0.2, 0.25) is 0 Å². The van der Waals surface area contributed by atoms with Crippen LogP contribution in [0.5, 0.6) is 0 Å². The van der Waals surface area contributed by atoms with Gasteiger partial charge in [0.1, 0.15) is 6.04 Å². The summed E-state index contributed by atoms with van der Waals surface area (Å²) in [5.41, 5.74) is 2.68. The summed E-state index contributed by atoms with van der Waals surface area (Å²) in [6, 6.07) is 10.5. The summed E-state index contributed by atoms with van der Waals surface area (Å²) in [5.74, 6) is -0.657. The number of fused-ring (bicyclic) bond motifs is 1. The highest BCUT2D eigenvalue weighted by atomic mass is 16.5. The molecule has 0 saturated heterocycles. The van der Waals surface area contributed by atoms with Gasteiger partial charge in [0.25, 0.3) is 11.6 Å². The summed E-state index contributed by atoms with van der Waals surface area (Å²) >= 11 is 0. The largest absolute Gasteiger partial charge is 0.357 e. The first-order chi connectivity index (χ1) is 12.0. The zero-order valence-electron chi connectivity index (χ0n) is 14.2. The van der Waals surface area contributed by atoms with Crippen LogP contribution in [0.4, 0.5) is 0 Å². The molecule has 0 radical (unpaired) electrons. The number of nitrogens with zero attached hydrogens (tertiary/aromatic N) is 2. The third-order valence-electron chi connectivity index (χ3n) is 3.92. The summed E-state index contributed by atoms with van der Waals surface area (Å²) in [6.45, 7) is 3.36. The zero-order chi connectivity index (χ0) is 18.0. The molecule has 1 aromatic carbocycles. The van der Waals surface area contributed by atoms with E-state index in [1.54, 1.807) is 19.9 Å². The molecule has 0 aliphatic rings. The van der Waals surface area contributed by atoms with Crippen LogP contribution in [0, 0.1) is 6.92 Å². The Bertz CT molecular complexity index is 934. The molecule has 0 aliphatic carbocycles. The van der Waals surface area contributed by atoms with E-state index in [1.165, 1.54) is 7.05 Å². The topological polar surface area (TPSA) is 97.1 Å². The Morgan fingerprint density at radius 2 is 1.92 bits per heavy atom. The molecule has 7 heteroatoms. The first-order valence-electron chi connectivity index (χ1n) is 7.86. The first kappa shape index (κ1) is 16.6. The van der Waals surface area contributed by atoms with Gasteiger partial charge in [0.15, 0.2) is 0 Å². The average molecular weight is 338 g/mol. The molecule has 0 aliphatic heterocycles. The molecule has 0 bridgehead atoms. The Morgan fingerprint density at radius 1 is 1.20 bits per heavy atom. The van der Waals surface area contributed by atoms with Crippen LogP contribution in [-0.4, -0.2) is 35.0 Å². The minimum absolute atomic E-state index is 0.274. The zero-order valence-corrected chi connectivity index (χ0v) is 14.2. The van der Waals surface area contributed by atoms with Crippen LogP contribution >= 0.6 is 0 Å². The lowest BCUT2D eigenvalue weighted by molar-refractivity contribution is -0.122. The van der Waals surface area contributed by atoms with Crippen molar-refractivity contribution in [1.29, 1.82) is 0 Å². The van der Waals surface area contributed by atoms with Gasteiger partial charge in [-0.15, -0.1) is 0 Å². The minimum Gasteiger partial charge on any atom is -0.357 e. The molecule has 2 amide bonds. The number of amides is 2. The number of nitrogens with one attached hydrogen (secondary N) is 2. The van der Waals surface area contributed by atoms with E-state index >= 15 is 0 Å². The summed E-state index contributed by atoms with van der Waals surface area (Å²) in [7, 11) is 1.52. The number of aryl methyl sites for hydroxylation is 1. The van der Waals surface area contributed by atoms with Crippen molar-refractivity contribution in [2.24, 2.45) is 0 Å². The van der Waals surface area contributed by atoms with Crippen LogP contribution in [0.1, 0.15) is 23.0 Å². The van der Waals surface area contributed by atoms with Crippen LogP contribution < -0.4 is 10.6 Å². The van der Waals surface area contributed by atoms with Gasteiger partial charge in [-0.2, -0.15) is 0 Å². The van der Waals surface area contributed by atoms with E-state index in [0.717, 1.165) is 5.56 Å². The number of hydrogen-bond acceptors (Lipinski definition) is 5. The van der Waals surface area contributed by atoms with Gasteiger partial charge < -0.3 is 15.2 Å². The van der Waals surface area contributed by atoms with Crippen molar-refractivity contribution < 1.29 is 14.1 Å².